The van der Waals surface area contributed by atoms with Crippen LogP contribution in [0.5, 0.6) is 0 Å². The van der Waals surface area contributed by atoms with Crippen molar-refractivity contribution >= 4 is 12.0 Å². The molecule has 1 rings (SSSR count). The molecule has 1 aliphatic heterocycles. The van der Waals surface area contributed by atoms with Gasteiger partial charge in [-0.25, -0.2) is 9.59 Å². The van der Waals surface area contributed by atoms with Crippen molar-refractivity contribution in [2.75, 3.05) is 19.8 Å². The first kappa shape index (κ1) is 14.8. The second-order valence-corrected chi connectivity index (χ2v) is 5.05. The van der Waals surface area contributed by atoms with Gasteiger partial charge >= 0.3 is 12.0 Å². The lowest BCUT2D eigenvalue weighted by molar-refractivity contribution is -0.139. The lowest BCUT2D eigenvalue weighted by Gasteiger charge is -2.33. The molecule has 1 heterocycles. The monoisotopic (exact) mass is 258 g/mol. The number of carboxylic acid groups (broad SMARTS) is 1. The predicted octanol–water partition coefficient (Wildman–Crippen LogP) is 0.965. The number of carbonyl (C=O) groups excluding carboxylic acids is 1. The van der Waals surface area contributed by atoms with Crippen molar-refractivity contribution in [3.63, 3.8) is 0 Å². The molecule has 1 aliphatic rings. The molecule has 0 aliphatic carbocycles. The summed E-state index contributed by atoms with van der Waals surface area (Å²) < 4.78 is 5.28. The van der Waals surface area contributed by atoms with Crippen molar-refractivity contribution in [3.05, 3.63) is 0 Å². The first-order valence-corrected chi connectivity index (χ1v) is 6.32. The van der Waals surface area contributed by atoms with Crippen LogP contribution in [-0.2, 0) is 9.53 Å². The fourth-order valence-electron chi connectivity index (χ4n) is 1.88. The van der Waals surface area contributed by atoms with Gasteiger partial charge in [0, 0.05) is 19.8 Å². The van der Waals surface area contributed by atoms with Crippen LogP contribution in [0.15, 0.2) is 0 Å². The average Bonchev–Trinajstić information content (AvgIpc) is 2.34. The van der Waals surface area contributed by atoms with Gasteiger partial charge in [-0.2, -0.15) is 0 Å². The minimum Gasteiger partial charge on any atom is -0.480 e. The summed E-state index contributed by atoms with van der Waals surface area (Å²) in [6.07, 6.45) is 2.18. The zero-order chi connectivity index (χ0) is 13.6. The number of urea groups is 1. The normalized spacial score (nSPS) is 19.9. The molecule has 18 heavy (non-hydrogen) atoms. The molecule has 3 N–H and O–H groups in total. The van der Waals surface area contributed by atoms with Gasteiger partial charge in [0.25, 0.3) is 0 Å². The maximum absolute atomic E-state index is 11.6. The zero-order valence-corrected chi connectivity index (χ0v) is 11.0. The summed E-state index contributed by atoms with van der Waals surface area (Å²) in [6.45, 7) is 5.79. The molecule has 1 atom stereocenters. The van der Waals surface area contributed by atoms with Crippen molar-refractivity contribution in [2.45, 2.75) is 39.2 Å². The Kier molecular flexibility index (Phi) is 5.40. The minimum atomic E-state index is -1.01. The summed E-state index contributed by atoms with van der Waals surface area (Å²) >= 11 is 0. The van der Waals surface area contributed by atoms with Crippen LogP contribution in [0, 0.1) is 5.41 Å². The molecule has 6 heteroatoms. The lowest BCUT2D eigenvalue weighted by atomic mass is 9.82. The highest BCUT2D eigenvalue weighted by molar-refractivity contribution is 5.82. The minimum absolute atomic E-state index is 0.0422. The average molecular weight is 258 g/mol. The number of rotatable bonds is 5. The third kappa shape index (κ3) is 4.52. The number of carboxylic acids is 1. The van der Waals surface area contributed by atoms with Gasteiger partial charge in [-0.1, -0.05) is 13.8 Å². The number of amides is 2. The maximum atomic E-state index is 11.6. The van der Waals surface area contributed by atoms with E-state index in [0.717, 1.165) is 12.8 Å². The smallest absolute Gasteiger partial charge is 0.326 e. The van der Waals surface area contributed by atoms with Crippen LogP contribution >= 0.6 is 0 Å². The summed E-state index contributed by atoms with van der Waals surface area (Å²) in [4.78, 5) is 22.4. The SMILES string of the molecule is CC[C@@H](NC(=O)NCC1(C)CCOCC1)C(=O)O. The van der Waals surface area contributed by atoms with Gasteiger partial charge in [-0.05, 0) is 24.7 Å². The first-order chi connectivity index (χ1) is 8.47. The summed E-state index contributed by atoms with van der Waals surface area (Å²) in [5.41, 5.74) is 0.0422. The predicted molar refractivity (Wildman–Crippen MR) is 66.4 cm³/mol. The summed E-state index contributed by atoms with van der Waals surface area (Å²) in [7, 11) is 0. The van der Waals surface area contributed by atoms with E-state index in [9.17, 15) is 9.59 Å². The Morgan fingerprint density at radius 2 is 2.00 bits per heavy atom. The summed E-state index contributed by atoms with van der Waals surface area (Å²) in [5, 5.41) is 14.0. The largest absolute Gasteiger partial charge is 0.480 e. The Morgan fingerprint density at radius 1 is 1.39 bits per heavy atom. The Labute approximate surface area is 107 Å². The van der Waals surface area contributed by atoms with Gasteiger partial charge in [-0.3, -0.25) is 0 Å². The third-order valence-corrected chi connectivity index (χ3v) is 3.39. The lowest BCUT2D eigenvalue weighted by Crippen LogP contribution is -2.48. The van der Waals surface area contributed by atoms with Gasteiger partial charge in [0.05, 0.1) is 0 Å². The highest BCUT2D eigenvalue weighted by atomic mass is 16.5. The van der Waals surface area contributed by atoms with Gasteiger partial charge in [-0.15, -0.1) is 0 Å². The molecule has 0 radical (unpaired) electrons. The van der Waals surface area contributed by atoms with E-state index in [1.807, 2.05) is 0 Å². The molecule has 2 amide bonds. The van der Waals surface area contributed by atoms with Gasteiger partial charge in [0.2, 0.25) is 0 Å². The molecule has 1 saturated heterocycles. The van der Waals surface area contributed by atoms with Crippen LogP contribution in [0.1, 0.15) is 33.1 Å². The van der Waals surface area contributed by atoms with Crippen LogP contribution in [0.2, 0.25) is 0 Å². The van der Waals surface area contributed by atoms with E-state index in [-0.39, 0.29) is 5.41 Å². The van der Waals surface area contributed by atoms with E-state index >= 15 is 0 Å². The van der Waals surface area contributed by atoms with Gasteiger partial charge in [0.15, 0.2) is 0 Å². The Hall–Kier alpha value is -1.30. The quantitative estimate of drug-likeness (QED) is 0.685. The van der Waals surface area contributed by atoms with Crippen LogP contribution in [-0.4, -0.2) is 42.9 Å². The highest BCUT2D eigenvalue weighted by Crippen LogP contribution is 2.28. The summed E-state index contributed by atoms with van der Waals surface area (Å²) in [6, 6.07) is -1.25. The van der Waals surface area contributed by atoms with E-state index in [1.54, 1.807) is 6.92 Å². The molecule has 6 nitrogen and oxygen atoms in total. The highest BCUT2D eigenvalue weighted by Gasteiger charge is 2.28. The molecule has 0 aromatic heterocycles. The fourth-order valence-corrected chi connectivity index (χ4v) is 1.88. The Bertz CT molecular complexity index is 300. The molecule has 0 unspecified atom stereocenters. The fraction of sp³-hybridized carbons (Fsp3) is 0.833. The van der Waals surface area contributed by atoms with Crippen LogP contribution in [0.4, 0.5) is 4.79 Å². The molecule has 0 saturated carbocycles. The van der Waals surface area contributed by atoms with Crippen molar-refractivity contribution in [3.8, 4) is 0 Å². The van der Waals surface area contributed by atoms with E-state index in [2.05, 4.69) is 17.6 Å². The number of nitrogens with one attached hydrogen (secondary N) is 2. The molecule has 0 aromatic carbocycles. The molecule has 0 aromatic rings. The van der Waals surface area contributed by atoms with E-state index in [4.69, 9.17) is 9.84 Å². The Balaban J connectivity index is 2.34. The van der Waals surface area contributed by atoms with Gasteiger partial charge < -0.3 is 20.5 Å². The standard InChI is InChI=1S/C12H22N2O4/c1-3-9(10(15)16)14-11(17)13-8-12(2)4-6-18-7-5-12/h9H,3-8H2,1-2H3,(H,15,16)(H2,13,14,17)/t9-/m1/s1. The topological polar surface area (TPSA) is 87.7 Å². The van der Waals surface area contributed by atoms with Crippen LogP contribution < -0.4 is 10.6 Å². The van der Waals surface area contributed by atoms with Crippen molar-refractivity contribution < 1.29 is 19.4 Å². The third-order valence-electron chi connectivity index (χ3n) is 3.39. The molecule has 1 fully saturated rings. The second kappa shape index (κ2) is 6.58. The zero-order valence-electron chi connectivity index (χ0n) is 11.0. The molecule has 0 bridgehead atoms. The summed E-state index contributed by atoms with van der Waals surface area (Å²) in [5.74, 6) is -1.01. The maximum Gasteiger partial charge on any atom is 0.326 e. The number of carbonyl (C=O) groups is 2. The molecule has 0 spiro atoms. The van der Waals surface area contributed by atoms with Crippen molar-refractivity contribution in [1.29, 1.82) is 0 Å². The van der Waals surface area contributed by atoms with Crippen molar-refractivity contribution in [2.24, 2.45) is 5.41 Å². The molecular weight excluding hydrogens is 236 g/mol. The van der Waals surface area contributed by atoms with E-state index in [1.165, 1.54) is 0 Å². The first-order valence-electron chi connectivity index (χ1n) is 6.32. The van der Waals surface area contributed by atoms with E-state index < -0.39 is 18.0 Å². The van der Waals surface area contributed by atoms with Gasteiger partial charge in [0.1, 0.15) is 6.04 Å². The van der Waals surface area contributed by atoms with E-state index in [0.29, 0.717) is 26.2 Å². The molecule has 104 valence electrons. The van der Waals surface area contributed by atoms with Crippen LogP contribution in [0.25, 0.3) is 0 Å². The second-order valence-electron chi connectivity index (χ2n) is 5.05. The number of aliphatic carboxylic acids is 1. The van der Waals surface area contributed by atoms with Crippen molar-refractivity contribution in [1.82, 2.24) is 10.6 Å². The molecular formula is C12H22N2O4. The Morgan fingerprint density at radius 3 is 2.50 bits per heavy atom. The number of hydrogen-bond donors (Lipinski definition) is 3. The number of hydrogen-bond acceptors (Lipinski definition) is 3. The van der Waals surface area contributed by atoms with Crippen LogP contribution in [0.3, 0.4) is 0 Å². The number of ether oxygens (including phenoxy) is 1.